The highest BCUT2D eigenvalue weighted by molar-refractivity contribution is 7.99. The Morgan fingerprint density at radius 3 is 2.68 bits per heavy atom. The molecule has 1 aromatic carbocycles. The van der Waals surface area contributed by atoms with Crippen molar-refractivity contribution in [2.24, 2.45) is 0 Å². The summed E-state index contributed by atoms with van der Waals surface area (Å²) in [7, 11) is 0. The van der Waals surface area contributed by atoms with E-state index >= 15 is 0 Å². The van der Waals surface area contributed by atoms with Gasteiger partial charge in [-0.1, -0.05) is 47.1 Å². The molecule has 3 aromatic heterocycles. The highest BCUT2D eigenvalue weighted by Crippen LogP contribution is 2.29. The predicted molar refractivity (Wildman–Crippen MR) is 123 cm³/mol. The summed E-state index contributed by atoms with van der Waals surface area (Å²) in [6, 6.07) is 15.1. The van der Waals surface area contributed by atoms with E-state index in [0.717, 1.165) is 16.8 Å². The summed E-state index contributed by atoms with van der Waals surface area (Å²) < 4.78 is 1.94. The van der Waals surface area contributed by atoms with Gasteiger partial charge in [-0.25, -0.2) is 4.98 Å². The molecule has 3 heterocycles. The summed E-state index contributed by atoms with van der Waals surface area (Å²) in [4.78, 5) is 20.9. The predicted octanol–water partition coefficient (Wildman–Crippen LogP) is 4.73. The lowest BCUT2D eigenvalue weighted by atomic mass is 10.1. The van der Waals surface area contributed by atoms with E-state index in [1.54, 1.807) is 18.3 Å². The van der Waals surface area contributed by atoms with Gasteiger partial charge >= 0.3 is 0 Å². The standard InChI is InChI=1S/C22H19ClN6OS/c1-14-6-8-18(15(2)11-14)29-21(17-5-3-4-10-24-17)27-28-22(29)31-13-20(30)26-19-9-7-16(23)12-25-19/h3-12H,13H2,1-2H3,(H,25,26,30). The summed E-state index contributed by atoms with van der Waals surface area (Å²) in [6.07, 6.45) is 3.20. The zero-order chi connectivity index (χ0) is 21.8. The molecule has 0 radical (unpaired) electrons. The molecule has 0 aliphatic heterocycles. The number of carbonyl (C=O) groups excluding carboxylic acids is 1. The van der Waals surface area contributed by atoms with Gasteiger partial charge in [-0.2, -0.15) is 0 Å². The number of nitrogens with zero attached hydrogens (tertiary/aromatic N) is 5. The van der Waals surface area contributed by atoms with E-state index < -0.39 is 0 Å². The Hall–Kier alpha value is -3.23. The van der Waals surface area contributed by atoms with Gasteiger partial charge < -0.3 is 5.32 Å². The third-order valence-electron chi connectivity index (χ3n) is 4.45. The third-order valence-corrected chi connectivity index (χ3v) is 5.60. The fourth-order valence-electron chi connectivity index (χ4n) is 3.06. The van der Waals surface area contributed by atoms with E-state index in [1.165, 1.54) is 18.0 Å². The minimum absolute atomic E-state index is 0.148. The summed E-state index contributed by atoms with van der Waals surface area (Å²) in [5.41, 5.74) is 3.89. The average molecular weight is 451 g/mol. The van der Waals surface area contributed by atoms with Crippen LogP contribution in [0.1, 0.15) is 11.1 Å². The van der Waals surface area contributed by atoms with Crippen molar-refractivity contribution in [1.29, 1.82) is 0 Å². The second kappa shape index (κ2) is 9.28. The molecule has 0 fully saturated rings. The largest absolute Gasteiger partial charge is 0.310 e. The molecule has 31 heavy (non-hydrogen) atoms. The number of thioether (sulfide) groups is 1. The fraction of sp³-hybridized carbons (Fsp3) is 0.136. The first-order valence-corrected chi connectivity index (χ1v) is 10.9. The molecule has 0 unspecified atom stereocenters. The van der Waals surface area contributed by atoms with Crippen LogP contribution in [0.4, 0.5) is 5.82 Å². The van der Waals surface area contributed by atoms with Crippen LogP contribution in [0.5, 0.6) is 0 Å². The van der Waals surface area contributed by atoms with Gasteiger partial charge in [0, 0.05) is 12.4 Å². The second-order valence-corrected chi connectivity index (χ2v) is 8.22. The van der Waals surface area contributed by atoms with Crippen LogP contribution in [-0.4, -0.2) is 36.4 Å². The first-order valence-electron chi connectivity index (χ1n) is 9.50. The molecule has 1 N–H and O–H groups in total. The molecule has 4 aromatic rings. The highest BCUT2D eigenvalue weighted by atomic mass is 35.5. The Morgan fingerprint density at radius 1 is 1.10 bits per heavy atom. The number of rotatable bonds is 6. The van der Waals surface area contributed by atoms with Crippen LogP contribution in [0.2, 0.25) is 5.02 Å². The molecule has 0 atom stereocenters. The third kappa shape index (κ3) is 4.92. The number of benzene rings is 1. The molecule has 7 nitrogen and oxygen atoms in total. The van der Waals surface area contributed by atoms with Gasteiger partial charge in [-0.15, -0.1) is 10.2 Å². The number of anilines is 1. The molecule has 0 aliphatic rings. The fourth-order valence-corrected chi connectivity index (χ4v) is 3.91. The Labute approximate surface area is 188 Å². The van der Waals surface area contributed by atoms with Crippen molar-refractivity contribution in [3.8, 4) is 17.2 Å². The monoisotopic (exact) mass is 450 g/mol. The van der Waals surface area contributed by atoms with Crippen molar-refractivity contribution in [2.75, 3.05) is 11.1 Å². The Kier molecular flexibility index (Phi) is 6.29. The number of nitrogens with one attached hydrogen (secondary N) is 1. The van der Waals surface area contributed by atoms with Gasteiger partial charge in [0.1, 0.15) is 11.5 Å². The van der Waals surface area contributed by atoms with E-state index in [1.807, 2.05) is 48.7 Å². The molecule has 0 bridgehead atoms. The van der Waals surface area contributed by atoms with Crippen molar-refractivity contribution in [3.63, 3.8) is 0 Å². The maximum Gasteiger partial charge on any atom is 0.236 e. The van der Waals surface area contributed by atoms with Crippen molar-refractivity contribution < 1.29 is 4.79 Å². The number of pyridine rings is 2. The van der Waals surface area contributed by atoms with E-state index in [-0.39, 0.29) is 11.7 Å². The van der Waals surface area contributed by atoms with Gasteiger partial charge in [0.2, 0.25) is 5.91 Å². The molecule has 4 rings (SSSR count). The maximum atomic E-state index is 12.4. The van der Waals surface area contributed by atoms with E-state index in [4.69, 9.17) is 11.6 Å². The van der Waals surface area contributed by atoms with Crippen molar-refractivity contribution >= 4 is 35.1 Å². The van der Waals surface area contributed by atoms with Gasteiger partial charge in [-0.05, 0) is 49.7 Å². The van der Waals surface area contributed by atoms with E-state index in [2.05, 4.69) is 31.5 Å². The molecule has 0 aliphatic carbocycles. The quantitative estimate of drug-likeness (QED) is 0.427. The van der Waals surface area contributed by atoms with Crippen LogP contribution in [-0.2, 0) is 4.79 Å². The first kappa shape index (κ1) is 21.0. The number of aryl methyl sites for hydroxylation is 2. The Bertz CT molecular complexity index is 1210. The van der Waals surface area contributed by atoms with E-state index in [0.29, 0.717) is 27.5 Å². The van der Waals surface area contributed by atoms with Crippen LogP contribution in [0.15, 0.2) is 66.1 Å². The smallest absolute Gasteiger partial charge is 0.236 e. The Balaban J connectivity index is 1.62. The van der Waals surface area contributed by atoms with Crippen LogP contribution in [0.25, 0.3) is 17.2 Å². The van der Waals surface area contributed by atoms with Crippen molar-refractivity contribution in [1.82, 2.24) is 24.7 Å². The second-order valence-electron chi connectivity index (χ2n) is 6.85. The van der Waals surface area contributed by atoms with Gasteiger partial charge in [0.05, 0.1) is 16.5 Å². The summed E-state index contributed by atoms with van der Waals surface area (Å²) in [5, 5.41) is 12.6. The first-order chi connectivity index (χ1) is 15.0. The zero-order valence-electron chi connectivity index (χ0n) is 16.9. The van der Waals surface area contributed by atoms with Gasteiger partial charge in [0.25, 0.3) is 0 Å². The van der Waals surface area contributed by atoms with Crippen LogP contribution in [0.3, 0.4) is 0 Å². The van der Waals surface area contributed by atoms with Crippen LogP contribution < -0.4 is 5.32 Å². The maximum absolute atomic E-state index is 12.4. The zero-order valence-corrected chi connectivity index (χ0v) is 18.5. The van der Waals surface area contributed by atoms with Crippen molar-refractivity contribution in [2.45, 2.75) is 19.0 Å². The molecule has 156 valence electrons. The molecule has 9 heteroatoms. The molecule has 0 saturated carbocycles. The van der Waals surface area contributed by atoms with Crippen LogP contribution >= 0.6 is 23.4 Å². The lowest BCUT2D eigenvalue weighted by Gasteiger charge is -2.13. The van der Waals surface area contributed by atoms with Gasteiger partial charge in [-0.3, -0.25) is 14.3 Å². The van der Waals surface area contributed by atoms with E-state index in [9.17, 15) is 4.79 Å². The minimum atomic E-state index is -0.200. The SMILES string of the molecule is Cc1ccc(-n2c(SCC(=O)Nc3ccc(Cl)cn3)nnc2-c2ccccn2)c(C)c1. The number of halogens is 1. The minimum Gasteiger partial charge on any atom is -0.310 e. The highest BCUT2D eigenvalue weighted by Gasteiger charge is 2.19. The number of hydrogen-bond acceptors (Lipinski definition) is 6. The van der Waals surface area contributed by atoms with Crippen molar-refractivity contribution in [3.05, 3.63) is 77.1 Å². The summed E-state index contributed by atoms with van der Waals surface area (Å²) in [5.74, 6) is 1.01. The molecule has 0 saturated heterocycles. The van der Waals surface area contributed by atoms with Gasteiger partial charge in [0.15, 0.2) is 11.0 Å². The Morgan fingerprint density at radius 2 is 1.97 bits per heavy atom. The number of aromatic nitrogens is 5. The lowest BCUT2D eigenvalue weighted by Crippen LogP contribution is -2.15. The normalized spacial score (nSPS) is 10.8. The number of amides is 1. The number of carbonyl (C=O) groups is 1. The molecule has 0 spiro atoms. The molecule has 1 amide bonds. The lowest BCUT2D eigenvalue weighted by molar-refractivity contribution is -0.113. The number of hydrogen-bond donors (Lipinski definition) is 1. The summed E-state index contributed by atoms with van der Waals surface area (Å²) in [6.45, 7) is 4.09. The molecular weight excluding hydrogens is 432 g/mol. The molecular formula is C22H19ClN6OS. The summed E-state index contributed by atoms with van der Waals surface area (Å²) >= 11 is 7.13. The topological polar surface area (TPSA) is 85.6 Å². The van der Waals surface area contributed by atoms with Crippen LogP contribution in [0, 0.1) is 13.8 Å². The average Bonchev–Trinajstić information content (AvgIpc) is 3.18.